The molecule has 0 fully saturated rings. The first-order valence-electron chi connectivity index (χ1n) is 11.1. The van der Waals surface area contributed by atoms with E-state index in [2.05, 4.69) is 81.3 Å². The fraction of sp³-hybridized carbons (Fsp3) is 0. The van der Waals surface area contributed by atoms with Crippen molar-refractivity contribution in [2.75, 3.05) is 0 Å². The Labute approximate surface area is 201 Å². The number of hydrogen-bond acceptors (Lipinski definition) is 4. The summed E-state index contributed by atoms with van der Waals surface area (Å²) in [5.41, 5.74) is 7.14. The Kier molecular flexibility index (Phi) is 4.80. The second-order valence-corrected chi connectivity index (χ2v) is 8.17. The Hall–Kier alpha value is -5.26. The van der Waals surface area contributed by atoms with Crippen LogP contribution in [0.1, 0.15) is 11.4 Å². The van der Waals surface area contributed by atoms with Gasteiger partial charge in [0, 0.05) is 22.0 Å². The number of fused-ring (bicyclic) bond motifs is 3. The van der Waals surface area contributed by atoms with Crippen LogP contribution in [0.15, 0.2) is 103 Å². The van der Waals surface area contributed by atoms with Gasteiger partial charge in [0.2, 0.25) is 0 Å². The highest BCUT2D eigenvalue weighted by molar-refractivity contribution is 6.10. The molecule has 0 radical (unpaired) electrons. The molecule has 5 heteroatoms. The van der Waals surface area contributed by atoms with Crippen LogP contribution in [0, 0.1) is 22.7 Å². The predicted octanol–water partition coefficient (Wildman–Crippen LogP) is 6.65. The first-order valence-corrected chi connectivity index (χ1v) is 11.1. The van der Waals surface area contributed by atoms with Gasteiger partial charge in [0.1, 0.15) is 12.1 Å². The Balaban J connectivity index is 1.44. The summed E-state index contributed by atoms with van der Waals surface area (Å²) in [7, 11) is 0. The van der Waals surface area contributed by atoms with E-state index in [1.54, 1.807) is 0 Å². The molecule has 0 aliphatic rings. The Morgan fingerprint density at radius 3 is 2.03 bits per heavy atom. The molecule has 0 saturated carbocycles. The fourth-order valence-corrected chi connectivity index (χ4v) is 4.53. The van der Waals surface area contributed by atoms with Crippen LogP contribution < -0.4 is 0 Å². The van der Waals surface area contributed by atoms with Gasteiger partial charge in [-0.2, -0.15) is 10.5 Å². The van der Waals surface area contributed by atoms with Gasteiger partial charge in [-0.05, 0) is 41.5 Å². The van der Waals surface area contributed by atoms with Crippen molar-refractivity contribution in [2.45, 2.75) is 0 Å². The van der Waals surface area contributed by atoms with E-state index in [0.717, 1.165) is 27.9 Å². The molecule has 0 aliphatic heterocycles. The Bertz CT molecular complexity index is 1800. The van der Waals surface area contributed by atoms with Gasteiger partial charge in [0.25, 0.3) is 0 Å². The number of nitrogens with zero attached hydrogens (tertiary/aromatic N) is 5. The molecule has 2 aromatic heterocycles. The number of para-hydroxylation sites is 2. The summed E-state index contributed by atoms with van der Waals surface area (Å²) in [4.78, 5) is 8.36. The highest BCUT2D eigenvalue weighted by atomic mass is 15.0. The van der Waals surface area contributed by atoms with Crippen molar-refractivity contribution in [3.8, 4) is 40.2 Å². The minimum atomic E-state index is 0.0364. The maximum atomic E-state index is 9.24. The fourth-order valence-electron chi connectivity index (χ4n) is 4.53. The zero-order valence-electron chi connectivity index (χ0n) is 18.6. The van der Waals surface area contributed by atoms with Crippen molar-refractivity contribution in [1.29, 1.82) is 10.5 Å². The Morgan fingerprint density at radius 2 is 1.26 bits per heavy atom. The molecule has 0 aliphatic carbocycles. The summed E-state index contributed by atoms with van der Waals surface area (Å²) < 4.78 is 2.30. The number of rotatable bonds is 3. The maximum Gasteiger partial charge on any atom is 0.177 e. The van der Waals surface area contributed by atoms with Crippen molar-refractivity contribution in [3.05, 3.63) is 115 Å². The van der Waals surface area contributed by atoms with Gasteiger partial charge in [0.15, 0.2) is 11.4 Å². The number of benzene rings is 4. The van der Waals surface area contributed by atoms with Crippen LogP contribution in [0.2, 0.25) is 0 Å². The van der Waals surface area contributed by atoms with E-state index in [9.17, 15) is 5.26 Å². The zero-order valence-corrected chi connectivity index (χ0v) is 18.6. The van der Waals surface area contributed by atoms with E-state index >= 15 is 0 Å². The van der Waals surface area contributed by atoms with Crippen LogP contribution in [0.4, 0.5) is 0 Å². The summed E-state index contributed by atoms with van der Waals surface area (Å²) in [6.45, 7) is 0. The molecule has 6 aromatic rings. The zero-order chi connectivity index (χ0) is 23.8. The van der Waals surface area contributed by atoms with Crippen molar-refractivity contribution in [2.24, 2.45) is 0 Å². The van der Waals surface area contributed by atoms with E-state index in [4.69, 9.17) is 5.26 Å². The maximum absolute atomic E-state index is 9.24. The lowest BCUT2D eigenvalue weighted by Gasteiger charge is -2.08. The van der Waals surface area contributed by atoms with Gasteiger partial charge < -0.3 is 4.57 Å². The number of hydrogen-bond donors (Lipinski definition) is 0. The molecule has 5 nitrogen and oxygen atoms in total. The molecular formula is C30H17N5. The molecule has 0 spiro atoms. The lowest BCUT2D eigenvalue weighted by atomic mass is 10.0. The van der Waals surface area contributed by atoms with Gasteiger partial charge in [-0.25, -0.2) is 9.97 Å². The van der Waals surface area contributed by atoms with Gasteiger partial charge in [-0.1, -0.05) is 66.7 Å². The molecule has 4 aromatic carbocycles. The average Bonchev–Trinajstić information content (AvgIpc) is 3.27. The first kappa shape index (κ1) is 20.4. The van der Waals surface area contributed by atoms with Gasteiger partial charge in [-0.3, -0.25) is 0 Å². The van der Waals surface area contributed by atoms with E-state index in [0.29, 0.717) is 5.69 Å². The summed E-state index contributed by atoms with van der Waals surface area (Å²) in [5, 5.41) is 20.7. The van der Waals surface area contributed by atoms with Crippen molar-refractivity contribution in [1.82, 2.24) is 14.5 Å². The molecule has 0 atom stereocenters. The van der Waals surface area contributed by atoms with E-state index in [1.807, 2.05) is 42.5 Å². The smallest absolute Gasteiger partial charge is 0.177 e. The SMILES string of the molecule is N#Cc1ncc(-c2ccc(-c3ccc4c(c3)c3ccccc3n4-c3ccccc3)cc2)nc1C#N. The molecule has 162 valence electrons. The van der Waals surface area contributed by atoms with Crippen LogP contribution >= 0.6 is 0 Å². The third-order valence-corrected chi connectivity index (χ3v) is 6.19. The third kappa shape index (κ3) is 3.40. The second-order valence-electron chi connectivity index (χ2n) is 8.17. The summed E-state index contributed by atoms with van der Waals surface area (Å²) in [6.07, 6.45) is 1.53. The number of aromatic nitrogens is 3. The molecule has 0 amide bonds. The highest BCUT2D eigenvalue weighted by Crippen LogP contribution is 2.35. The van der Waals surface area contributed by atoms with Crippen LogP contribution in [-0.4, -0.2) is 14.5 Å². The normalized spacial score (nSPS) is 10.8. The van der Waals surface area contributed by atoms with Gasteiger partial charge in [0.05, 0.1) is 22.9 Å². The molecular weight excluding hydrogens is 430 g/mol. The minimum Gasteiger partial charge on any atom is -0.309 e. The van der Waals surface area contributed by atoms with Crippen molar-refractivity contribution < 1.29 is 0 Å². The van der Waals surface area contributed by atoms with Crippen molar-refractivity contribution in [3.63, 3.8) is 0 Å². The van der Waals surface area contributed by atoms with Crippen LogP contribution in [-0.2, 0) is 0 Å². The quantitative estimate of drug-likeness (QED) is 0.304. The summed E-state index contributed by atoms with van der Waals surface area (Å²) in [5.74, 6) is 0. The number of nitriles is 2. The second kappa shape index (κ2) is 8.26. The summed E-state index contributed by atoms with van der Waals surface area (Å²) >= 11 is 0. The third-order valence-electron chi connectivity index (χ3n) is 6.19. The molecule has 6 rings (SSSR count). The van der Waals surface area contributed by atoms with E-state index < -0.39 is 0 Å². The lowest BCUT2D eigenvalue weighted by Crippen LogP contribution is -1.96. The van der Waals surface area contributed by atoms with E-state index in [-0.39, 0.29) is 11.4 Å². The van der Waals surface area contributed by atoms with Gasteiger partial charge in [-0.15, -0.1) is 0 Å². The Morgan fingerprint density at radius 1 is 0.600 bits per heavy atom. The van der Waals surface area contributed by atoms with E-state index in [1.165, 1.54) is 22.5 Å². The largest absolute Gasteiger partial charge is 0.309 e. The molecule has 0 bridgehead atoms. The predicted molar refractivity (Wildman–Crippen MR) is 137 cm³/mol. The standard InChI is InChI=1S/C30H17N5/c31-17-26-27(18-32)34-28(19-33-26)21-12-10-20(11-13-21)22-14-15-30-25(16-22)24-8-4-5-9-29(24)35(30)23-6-2-1-3-7-23/h1-16,19H. The van der Waals surface area contributed by atoms with Crippen molar-refractivity contribution >= 4 is 21.8 Å². The highest BCUT2D eigenvalue weighted by Gasteiger charge is 2.13. The average molecular weight is 448 g/mol. The monoisotopic (exact) mass is 447 g/mol. The molecule has 0 N–H and O–H groups in total. The molecule has 2 heterocycles. The minimum absolute atomic E-state index is 0.0364. The lowest BCUT2D eigenvalue weighted by molar-refractivity contribution is 1.13. The van der Waals surface area contributed by atoms with Crippen LogP contribution in [0.25, 0.3) is 49.9 Å². The topological polar surface area (TPSA) is 78.3 Å². The van der Waals surface area contributed by atoms with Gasteiger partial charge >= 0.3 is 0 Å². The molecule has 35 heavy (non-hydrogen) atoms. The summed E-state index contributed by atoms with van der Waals surface area (Å²) in [6, 6.07) is 37.3. The van der Waals surface area contributed by atoms with Crippen LogP contribution in [0.3, 0.4) is 0 Å². The first-order chi connectivity index (χ1) is 17.3. The molecule has 0 unspecified atom stereocenters. The van der Waals surface area contributed by atoms with Crippen LogP contribution in [0.5, 0.6) is 0 Å². The molecule has 0 saturated heterocycles.